The molecular weight excluding hydrogens is 224 g/mol. The van der Waals surface area contributed by atoms with Crippen LogP contribution in [0.25, 0.3) is 0 Å². The maximum Gasteiger partial charge on any atom is 0.318 e. The number of carboxylic acid groups (broad SMARTS) is 1. The van der Waals surface area contributed by atoms with Crippen LogP contribution in [0.3, 0.4) is 0 Å². The van der Waals surface area contributed by atoms with Crippen molar-refractivity contribution >= 4 is 17.8 Å². The fraction of sp³-hybridized carbons (Fsp3) is 0.727. The third-order valence-electron chi connectivity index (χ3n) is 3.13. The first-order valence-corrected chi connectivity index (χ1v) is 5.58. The molecule has 0 radical (unpaired) electrons. The van der Waals surface area contributed by atoms with Crippen LogP contribution in [0.1, 0.15) is 26.7 Å². The van der Waals surface area contributed by atoms with Gasteiger partial charge in [0.05, 0.1) is 0 Å². The van der Waals surface area contributed by atoms with E-state index >= 15 is 0 Å². The number of hydrogen-bond donors (Lipinski definition) is 2. The van der Waals surface area contributed by atoms with E-state index in [0.717, 1.165) is 6.42 Å². The number of carbonyl (C=O) groups excluding carboxylic acids is 2. The molecule has 1 fully saturated rings. The predicted molar refractivity (Wildman–Crippen MR) is 60.2 cm³/mol. The topological polar surface area (TPSA) is 86.7 Å². The van der Waals surface area contributed by atoms with Gasteiger partial charge in [-0.3, -0.25) is 14.4 Å². The monoisotopic (exact) mass is 242 g/mol. The quantitative estimate of drug-likeness (QED) is 0.673. The number of hydrogen-bond acceptors (Lipinski definition) is 3. The number of carbonyl (C=O) groups is 3. The summed E-state index contributed by atoms with van der Waals surface area (Å²) in [5.41, 5.74) is -1.49. The summed E-state index contributed by atoms with van der Waals surface area (Å²) in [5, 5.41) is 11.5. The SMILES string of the molecule is CNC(=O)C1CCCN1C(=O)C(C)(C)C(=O)O. The first kappa shape index (κ1) is 13.5. The van der Waals surface area contributed by atoms with Crippen molar-refractivity contribution in [1.82, 2.24) is 10.2 Å². The summed E-state index contributed by atoms with van der Waals surface area (Å²) in [5.74, 6) is -1.92. The highest BCUT2D eigenvalue weighted by molar-refractivity contribution is 6.02. The lowest BCUT2D eigenvalue weighted by Crippen LogP contribution is -2.51. The summed E-state index contributed by atoms with van der Waals surface area (Å²) in [6, 6.07) is -0.536. The molecule has 1 rings (SSSR count). The van der Waals surface area contributed by atoms with Gasteiger partial charge in [0.1, 0.15) is 11.5 Å². The zero-order valence-corrected chi connectivity index (χ0v) is 10.3. The average Bonchev–Trinajstić information content (AvgIpc) is 2.75. The summed E-state index contributed by atoms with van der Waals surface area (Å²) >= 11 is 0. The van der Waals surface area contributed by atoms with E-state index in [9.17, 15) is 14.4 Å². The zero-order chi connectivity index (χ0) is 13.2. The molecule has 0 saturated carbocycles. The highest BCUT2D eigenvalue weighted by atomic mass is 16.4. The van der Waals surface area contributed by atoms with Gasteiger partial charge in [-0.15, -0.1) is 0 Å². The molecule has 0 aromatic rings. The van der Waals surface area contributed by atoms with Crippen molar-refractivity contribution in [2.75, 3.05) is 13.6 Å². The van der Waals surface area contributed by atoms with Gasteiger partial charge in [-0.25, -0.2) is 0 Å². The van der Waals surface area contributed by atoms with Gasteiger partial charge in [0, 0.05) is 13.6 Å². The number of aliphatic carboxylic acids is 1. The Balaban J connectivity index is 2.89. The fourth-order valence-electron chi connectivity index (χ4n) is 1.90. The predicted octanol–water partition coefficient (Wildman–Crippen LogP) is -0.166. The van der Waals surface area contributed by atoms with E-state index in [2.05, 4.69) is 5.32 Å². The lowest BCUT2D eigenvalue weighted by molar-refractivity contribution is -0.159. The fourth-order valence-corrected chi connectivity index (χ4v) is 1.90. The second-order valence-corrected chi connectivity index (χ2v) is 4.70. The Labute approximate surface area is 100.0 Å². The lowest BCUT2D eigenvalue weighted by atomic mass is 9.91. The van der Waals surface area contributed by atoms with Crippen molar-refractivity contribution in [3.8, 4) is 0 Å². The van der Waals surface area contributed by atoms with Crippen molar-refractivity contribution in [1.29, 1.82) is 0 Å². The molecule has 0 aromatic heterocycles. The van der Waals surface area contributed by atoms with Crippen LogP contribution >= 0.6 is 0 Å². The number of likely N-dealkylation sites (tertiary alicyclic amines) is 1. The van der Waals surface area contributed by atoms with Crippen LogP contribution in [0.2, 0.25) is 0 Å². The molecule has 6 heteroatoms. The largest absolute Gasteiger partial charge is 0.480 e. The van der Waals surface area contributed by atoms with Gasteiger partial charge in [-0.05, 0) is 26.7 Å². The van der Waals surface area contributed by atoms with Crippen LogP contribution < -0.4 is 5.32 Å². The second-order valence-electron chi connectivity index (χ2n) is 4.70. The minimum Gasteiger partial charge on any atom is -0.480 e. The minimum atomic E-state index is -1.49. The van der Waals surface area contributed by atoms with Gasteiger partial charge in [0.25, 0.3) is 0 Å². The molecule has 17 heavy (non-hydrogen) atoms. The lowest BCUT2D eigenvalue weighted by Gasteiger charge is -2.29. The zero-order valence-electron chi connectivity index (χ0n) is 10.3. The van der Waals surface area contributed by atoms with Crippen molar-refractivity contribution in [3.63, 3.8) is 0 Å². The molecule has 1 atom stereocenters. The third kappa shape index (κ3) is 2.40. The summed E-state index contributed by atoms with van der Waals surface area (Å²) in [6.45, 7) is 3.15. The maximum atomic E-state index is 12.1. The summed E-state index contributed by atoms with van der Waals surface area (Å²) in [4.78, 5) is 36.1. The molecule has 0 bridgehead atoms. The highest BCUT2D eigenvalue weighted by Crippen LogP contribution is 2.26. The molecule has 2 amide bonds. The molecule has 96 valence electrons. The number of amides is 2. The van der Waals surface area contributed by atoms with E-state index in [4.69, 9.17) is 5.11 Å². The van der Waals surface area contributed by atoms with Crippen molar-refractivity contribution in [3.05, 3.63) is 0 Å². The van der Waals surface area contributed by atoms with E-state index in [1.54, 1.807) is 0 Å². The molecule has 1 saturated heterocycles. The molecule has 0 aliphatic carbocycles. The Hall–Kier alpha value is -1.59. The second kappa shape index (κ2) is 4.73. The Kier molecular flexibility index (Phi) is 3.75. The molecular formula is C11H18N2O4. The Morgan fingerprint density at radius 1 is 1.35 bits per heavy atom. The third-order valence-corrected chi connectivity index (χ3v) is 3.13. The minimum absolute atomic E-state index is 0.239. The number of nitrogens with zero attached hydrogens (tertiary/aromatic N) is 1. The average molecular weight is 242 g/mol. The van der Waals surface area contributed by atoms with Crippen LogP contribution in [0.5, 0.6) is 0 Å². The van der Waals surface area contributed by atoms with E-state index < -0.39 is 23.3 Å². The van der Waals surface area contributed by atoms with Crippen LogP contribution in [-0.4, -0.2) is 47.4 Å². The van der Waals surface area contributed by atoms with Crippen LogP contribution in [-0.2, 0) is 14.4 Å². The number of carboxylic acids is 1. The Morgan fingerprint density at radius 2 is 1.94 bits per heavy atom. The first-order chi connectivity index (χ1) is 7.82. The van der Waals surface area contributed by atoms with Crippen LogP contribution in [0.4, 0.5) is 0 Å². The molecule has 0 aromatic carbocycles. The molecule has 1 aliphatic rings. The van der Waals surface area contributed by atoms with Crippen molar-refractivity contribution in [2.45, 2.75) is 32.7 Å². The molecule has 1 aliphatic heterocycles. The molecule has 2 N–H and O–H groups in total. The molecule has 1 unspecified atom stereocenters. The molecule has 1 heterocycles. The van der Waals surface area contributed by atoms with Gasteiger partial charge in [-0.1, -0.05) is 0 Å². The van der Waals surface area contributed by atoms with E-state index in [1.807, 2.05) is 0 Å². The van der Waals surface area contributed by atoms with Crippen molar-refractivity contribution < 1.29 is 19.5 Å². The van der Waals surface area contributed by atoms with Crippen LogP contribution in [0.15, 0.2) is 0 Å². The van der Waals surface area contributed by atoms with E-state index in [0.29, 0.717) is 13.0 Å². The summed E-state index contributed by atoms with van der Waals surface area (Å²) in [7, 11) is 1.51. The van der Waals surface area contributed by atoms with E-state index in [1.165, 1.54) is 25.8 Å². The van der Waals surface area contributed by atoms with Gasteiger partial charge in [-0.2, -0.15) is 0 Å². The van der Waals surface area contributed by atoms with Gasteiger partial charge >= 0.3 is 5.97 Å². The summed E-state index contributed by atoms with van der Waals surface area (Å²) < 4.78 is 0. The van der Waals surface area contributed by atoms with Gasteiger partial charge in [0.15, 0.2) is 0 Å². The highest BCUT2D eigenvalue weighted by Gasteiger charge is 2.44. The number of likely N-dealkylation sites (N-methyl/N-ethyl adjacent to an activating group) is 1. The Morgan fingerprint density at radius 3 is 2.41 bits per heavy atom. The first-order valence-electron chi connectivity index (χ1n) is 5.58. The standard InChI is InChI=1S/C11H18N2O4/c1-11(2,10(16)17)9(15)13-6-4-5-7(13)8(14)12-3/h7H,4-6H2,1-3H3,(H,12,14)(H,16,17). The molecule has 0 spiro atoms. The summed E-state index contributed by atoms with van der Waals surface area (Å²) in [6.07, 6.45) is 1.31. The normalized spacial score (nSPS) is 20.2. The number of nitrogens with one attached hydrogen (secondary N) is 1. The molecule has 6 nitrogen and oxygen atoms in total. The number of rotatable bonds is 3. The van der Waals surface area contributed by atoms with E-state index in [-0.39, 0.29) is 5.91 Å². The maximum absolute atomic E-state index is 12.1. The Bertz CT molecular complexity index is 351. The van der Waals surface area contributed by atoms with Crippen LogP contribution in [0, 0.1) is 5.41 Å². The van der Waals surface area contributed by atoms with Gasteiger partial charge < -0.3 is 15.3 Å². The van der Waals surface area contributed by atoms with Crippen molar-refractivity contribution in [2.24, 2.45) is 5.41 Å². The smallest absolute Gasteiger partial charge is 0.318 e. The van der Waals surface area contributed by atoms with Gasteiger partial charge in [0.2, 0.25) is 11.8 Å².